The molecule has 3 nitrogen and oxygen atoms in total. The second-order valence-electron chi connectivity index (χ2n) is 3.89. The van der Waals surface area contributed by atoms with Crippen molar-refractivity contribution in [2.24, 2.45) is 0 Å². The summed E-state index contributed by atoms with van der Waals surface area (Å²) in [7, 11) is -2.32. The molecule has 0 saturated heterocycles. The predicted molar refractivity (Wildman–Crippen MR) is 55.1 cm³/mol. The molecule has 0 radical (unpaired) electrons. The Morgan fingerprint density at radius 2 is 1.85 bits per heavy atom. The van der Waals surface area contributed by atoms with Crippen LogP contribution < -0.4 is 5.32 Å². The van der Waals surface area contributed by atoms with Gasteiger partial charge in [-0.25, -0.2) is 0 Å². The number of amides is 1. The van der Waals surface area contributed by atoms with Crippen molar-refractivity contribution in [2.45, 2.75) is 26.3 Å². The summed E-state index contributed by atoms with van der Waals surface area (Å²) in [4.78, 5) is 10.7. The van der Waals surface area contributed by atoms with Gasteiger partial charge in [-0.3, -0.25) is 4.79 Å². The second-order valence-corrected chi connectivity index (χ2v) is 6.82. The van der Waals surface area contributed by atoms with Crippen molar-refractivity contribution in [3.63, 3.8) is 0 Å². The molecule has 0 aromatic rings. The van der Waals surface area contributed by atoms with Crippen molar-refractivity contribution in [3.8, 4) is 11.6 Å². The van der Waals surface area contributed by atoms with Gasteiger partial charge in [-0.2, -0.15) is 0 Å². The number of nitrogens with one attached hydrogen (secondary N) is 1. The van der Waals surface area contributed by atoms with Gasteiger partial charge in [0.2, 0.25) is 5.91 Å². The first-order valence-corrected chi connectivity index (χ1v) is 6.61. The third kappa shape index (κ3) is 7.62. The van der Waals surface area contributed by atoms with E-state index in [1.807, 2.05) is 0 Å². The summed E-state index contributed by atoms with van der Waals surface area (Å²) in [5.74, 6) is 2.65. The standard InChI is InChI=1S/C9H16NO2P/c1-8(11)10-9(2,3)6-7-13(4,5)12/h1-5H3,(H,10,11). The molecule has 0 aromatic heterocycles. The molecule has 1 amide bonds. The van der Waals surface area contributed by atoms with Crippen LogP contribution in [0.2, 0.25) is 0 Å². The highest BCUT2D eigenvalue weighted by Gasteiger charge is 2.15. The smallest absolute Gasteiger partial charge is 0.218 e. The molecular weight excluding hydrogens is 185 g/mol. The molecule has 0 heterocycles. The van der Waals surface area contributed by atoms with Gasteiger partial charge in [0.15, 0.2) is 0 Å². The van der Waals surface area contributed by atoms with Gasteiger partial charge in [-0.05, 0) is 32.8 Å². The zero-order valence-corrected chi connectivity index (χ0v) is 9.66. The molecule has 74 valence electrons. The fourth-order valence-corrected chi connectivity index (χ4v) is 1.29. The number of rotatable bonds is 1. The molecule has 13 heavy (non-hydrogen) atoms. The van der Waals surface area contributed by atoms with Crippen LogP contribution in [-0.2, 0) is 9.36 Å². The summed E-state index contributed by atoms with van der Waals surface area (Å²) in [5.41, 5.74) is 2.05. The highest BCUT2D eigenvalue weighted by atomic mass is 31.2. The number of carbonyl (C=O) groups is 1. The van der Waals surface area contributed by atoms with Gasteiger partial charge < -0.3 is 9.88 Å². The first kappa shape index (κ1) is 12.3. The summed E-state index contributed by atoms with van der Waals surface area (Å²) in [6, 6.07) is 0. The van der Waals surface area contributed by atoms with E-state index in [2.05, 4.69) is 16.9 Å². The maximum absolute atomic E-state index is 11.3. The lowest BCUT2D eigenvalue weighted by molar-refractivity contribution is -0.119. The molecule has 0 aromatic carbocycles. The fourth-order valence-electron chi connectivity index (χ4n) is 0.746. The highest BCUT2D eigenvalue weighted by Crippen LogP contribution is 2.33. The van der Waals surface area contributed by atoms with Gasteiger partial charge in [0.05, 0.1) is 5.54 Å². The third-order valence-corrected chi connectivity index (χ3v) is 1.78. The summed E-state index contributed by atoms with van der Waals surface area (Å²) < 4.78 is 11.3. The number of hydrogen-bond donors (Lipinski definition) is 1. The van der Waals surface area contributed by atoms with Gasteiger partial charge in [-0.1, -0.05) is 5.92 Å². The summed E-state index contributed by atoms with van der Waals surface area (Å²) in [6.07, 6.45) is 0. The van der Waals surface area contributed by atoms with E-state index in [0.29, 0.717) is 0 Å². The average Bonchev–Trinajstić information content (AvgIpc) is 1.79. The van der Waals surface area contributed by atoms with E-state index in [4.69, 9.17) is 0 Å². The molecule has 0 fully saturated rings. The van der Waals surface area contributed by atoms with Crippen molar-refractivity contribution in [1.82, 2.24) is 5.32 Å². The van der Waals surface area contributed by atoms with Crippen LogP contribution in [0.1, 0.15) is 20.8 Å². The molecule has 0 saturated carbocycles. The monoisotopic (exact) mass is 201 g/mol. The van der Waals surface area contributed by atoms with Gasteiger partial charge in [0.1, 0.15) is 7.14 Å². The maximum atomic E-state index is 11.3. The van der Waals surface area contributed by atoms with Crippen LogP contribution in [0.25, 0.3) is 0 Å². The van der Waals surface area contributed by atoms with Crippen molar-refractivity contribution in [2.75, 3.05) is 13.3 Å². The lowest BCUT2D eigenvalue weighted by Gasteiger charge is -2.18. The molecule has 0 aliphatic rings. The van der Waals surface area contributed by atoms with Crippen LogP contribution in [0.5, 0.6) is 0 Å². The van der Waals surface area contributed by atoms with Crippen LogP contribution in [0, 0.1) is 11.6 Å². The Labute approximate surface area is 79.7 Å². The van der Waals surface area contributed by atoms with Crippen molar-refractivity contribution in [1.29, 1.82) is 0 Å². The van der Waals surface area contributed by atoms with Crippen LogP contribution in [0.3, 0.4) is 0 Å². The van der Waals surface area contributed by atoms with E-state index < -0.39 is 12.7 Å². The predicted octanol–water partition coefficient (Wildman–Crippen LogP) is 1.48. The Balaban J connectivity index is 4.56. The van der Waals surface area contributed by atoms with Crippen LogP contribution in [0.15, 0.2) is 0 Å². The van der Waals surface area contributed by atoms with Crippen molar-refractivity contribution in [3.05, 3.63) is 0 Å². The highest BCUT2D eigenvalue weighted by molar-refractivity contribution is 7.67. The molecule has 0 aliphatic heterocycles. The molecule has 0 atom stereocenters. The average molecular weight is 201 g/mol. The molecular formula is C9H16NO2P. The van der Waals surface area contributed by atoms with Gasteiger partial charge in [-0.15, -0.1) is 0 Å². The zero-order valence-electron chi connectivity index (χ0n) is 8.76. The lowest BCUT2D eigenvalue weighted by Crippen LogP contribution is -2.40. The Hall–Kier alpha value is -0.740. The van der Waals surface area contributed by atoms with E-state index in [9.17, 15) is 9.36 Å². The molecule has 0 spiro atoms. The minimum absolute atomic E-state index is 0.138. The quantitative estimate of drug-likeness (QED) is 0.516. The summed E-state index contributed by atoms with van der Waals surface area (Å²) >= 11 is 0. The van der Waals surface area contributed by atoms with Gasteiger partial charge in [0.25, 0.3) is 0 Å². The first-order valence-electron chi connectivity index (χ1n) is 4.00. The normalized spacial score (nSPS) is 11.5. The van der Waals surface area contributed by atoms with Gasteiger partial charge in [0, 0.05) is 6.92 Å². The van der Waals surface area contributed by atoms with E-state index in [-0.39, 0.29) is 5.91 Å². The minimum Gasteiger partial charge on any atom is -0.341 e. The first-order chi connectivity index (χ1) is 5.62. The summed E-state index contributed by atoms with van der Waals surface area (Å²) in [6.45, 7) is 8.18. The van der Waals surface area contributed by atoms with E-state index >= 15 is 0 Å². The Morgan fingerprint density at radius 3 is 2.15 bits per heavy atom. The third-order valence-electron chi connectivity index (χ3n) is 1.13. The largest absolute Gasteiger partial charge is 0.341 e. The lowest BCUT2D eigenvalue weighted by atomic mass is 10.1. The second kappa shape index (κ2) is 3.98. The Morgan fingerprint density at radius 1 is 1.38 bits per heavy atom. The van der Waals surface area contributed by atoms with Crippen LogP contribution in [-0.4, -0.2) is 24.8 Å². The molecule has 0 unspecified atom stereocenters. The number of carbonyl (C=O) groups excluding carboxylic acids is 1. The fraction of sp³-hybridized carbons (Fsp3) is 0.667. The zero-order chi connectivity index (χ0) is 10.7. The van der Waals surface area contributed by atoms with Crippen LogP contribution in [0.4, 0.5) is 0 Å². The summed E-state index contributed by atoms with van der Waals surface area (Å²) in [5, 5.41) is 2.66. The molecule has 0 aliphatic carbocycles. The van der Waals surface area contributed by atoms with E-state index in [1.165, 1.54) is 6.92 Å². The Bertz CT molecular complexity index is 303. The molecule has 0 rings (SSSR count). The van der Waals surface area contributed by atoms with E-state index in [1.54, 1.807) is 27.2 Å². The topological polar surface area (TPSA) is 46.2 Å². The van der Waals surface area contributed by atoms with Gasteiger partial charge >= 0.3 is 0 Å². The SMILES string of the molecule is CC(=O)NC(C)(C)C#CP(C)(C)=O. The van der Waals surface area contributed by atoms with E-state index in [0.717, 1.165) is 0 Å². The molecule has 4 heteroatoms. The number of hydrogen-bond acceptors (Lipinski definition) is 2. The van der Waals surface area contributed by atoms with Crippen LogP contribution >= 0.6 is 7.14 Å². The minimum atomic E-state index is -2.32. The molecule has 0 bridgehead atoms. The van der Waals surface area contributed by atoms with Crippen molar-refractivity contribution < 1.29 is 9.36 Å². The molecule has 1 N–H and O–H groups in total. The van der Waals surface area contributed by atoms with Crippen molar-refractivity contribution >= 4 is 13.0 Å². The Kier molecular flexibility index (Phi) is 3.75. The maximum Gasteiger partial charge on any atom is 0.218 e.